The molecule has 0 aromatic heterocycles. The molecule has 0 radical (unpaired) electrons. The minimum atomic E-state index is -1.92. The zero-order valence-electron chi connectivity index (χ0n) is 13.7. The van der Waals surface area contributed by atoms with Gasteiger partial charge in [-0.25, -0.2) is 0 Å². The molecule has 3 nitrogen and oxygen atoms in total. The molecule has 0 saturated carbocycles. The zero-order valence-corrected chi connectivity index (χ0v) is 23.6. The Balaban J connectivity index is 4.64. The minimum Gasteiger partial charge on any atom is -0.311 e. The Kier molecular flexibility index (Phi) is 16.9. The molecule has 16 heteroatoms. The maximum absolute atomic E-state index is 6.07. The summed E-state index contributed by atoms with van der Waals surface area (Å²) in [6.07, 6.45) is 0.123. The van der Waals surface area contributed by atoms with Gasteiger partial charge in [0.05, 0.1) is 36.0 Å². The number of halogens is 12. The van der Waals surface area contributed by atoms with E-state index in [0.717, 1.165) is 0 Å². The van der Waals surface area contributed by atoms with E-state index in [9.17, 15) is 0 Å². The fraction of sp³-hybridized carbons (Fsp3) is 1.00. The summed E-state index contributed by atoms with van der Waals surface area (Å²) >= 11 is 69.5. The van der Waals surface area contributed by atoms with Crippen molar-refractivity contribution >= 4 is 148 Å². The summed E-state index contributed by atoms with van der Waals surface area (Å²) in [6, 6.07) is 0. The molecule has 28 heavy (non-hydrogen) atoms. The Bertz CT molecular complexity index is 366. The SMILES string of the molecule is ClC(COP(OCC(Cl)CC(Cl)(Cl)Cl)OCC(Cl)CC(Cl)(Cl)Cl)CC(Cl)(Cl)Cl. The van der Waals surface area contributed by atoms with Crippen LogP contribution in [0.2, 0.25) is 0 Å². The molecule has 0 aromatic rings. The van der Waals surface area contributed by atoms with Crippen LogP contribution in [0.1, 0.15) is 19.3 Å². The van der Waals surface area contributed by atoms with Crippen molar-refractivity contribution < 1.29 is 13.6 Å². The van der Waals surface area contributed by atoms with Crippen molar-refractivity contribution in [2.24, 2.45) is 0 Å². The Morgan fingerprint density at radius 2 is 0.714 bits per heavy atom. The molecule has 0 bridgehead atoms. The van der Waals surface area contributed by atoms with E-state index in [2.05, 4.69) is 0 Å². The lowest BCUT2D eigenvalue weighted by atomic mass is 10.3. The highest BCUT2D eigenvalue weighted by Gasteiger charge is 2.29. The summed E-state index contributed by atoms with van der Waals surface area (Å²) in [4.78, 5) is 0. The van der Waals surface area contributed by atoms with E-state index in [-0.39, 0.29) is 39.1 Å². The van der Waals surface area contributed by atoms with Crippen LogP contribution in [0.3, 0.4) is 0 Å². The molecule has 0 aliphatic heterocycles. The monoisotopic (exact) mass is 658 g/mol. The molecular formula is C12H15Cl12O3P. The lowest BCUT2D eigenvalue weighted by molar-refractivity contribution is 0.157. The molecule has 0 heterocycles. The van der Waals surface area contributed by atoms with Crippen molar-refractivity contribution in [2.75, 3.05) is 19.8 Å². The predicted octanol–water partition coefficient (Wildman–Crippen LogP) is 9.37. The largest absolute Gasteiger partial charge is 0.332 e. The van der Waals surface area contributed by atoms with Gasteiger partial charge in [0, 0.05) is 19.3 Å². The molecule has 0 fully saturated rings. The van der Waals surface area contributed by atoms with Crippen molar-refractivity contribution in [1.29, 1.82) is 0 Å². The summed E-state index contributed by atoms with van der Waals surface area (Å²) in [5, 5.41) is -1.86. The third kappa shape index (κ3) is 21.6. The van der Waals surface area contributed by atoms with Crippen molar-refractivity contribution in [1.82, 2.24) is 0 Å². The van der Waals surface area contributed by atoms with E-state index >= 15 is 0 Å². The van der Waals surface area contributed by atoms with Gasteiger partial charge in [-0.1, -0.05) is 104 Å². The van der Waals surface area contributed by atoms with Crippen molar-refractivity contribution in [3.63, 3.8) is 0 Å². The Hall–Kier alpha value is 3.79. The third-order valence-electron chi connectivity index (χ3n) is 2.44. The van der Waals surface area contributed by atoms with Gasteiger partial charge < -0.3 is 13.6 Å². The van der Waals surface area contributed by atoms with Gasteiger partial charge in [0.1, 0.15) is 0 Å². The highest BCUT2D eigenvalue weighted by atomic mass is 35.6. The quantitative estimate of drug-likeness (QED) is 0.154. The van der Waals surface area contributed by atoms with Crippen LogP contribution in [0.25, 0.3) is 0 Å². The standard InChI is InChI=1S/C12H15Cl12O3P/c13-7(1-10(16,17)18)4-25-28(26-5-8(14)2-11(19,20)21)27-6-9(15)3-12(22,23)24/h7-9H,1-6H2. The van der Waals surface area contributed by atoms with Crippen molar-refractivity contribution in [3.8, 4) is 0 Å². The molecule has 0 rings (SSSR count). The van der Waals surface area contributed by atoms with E-state index < -0.39 is 36.1 Å². The fourth-order valence-electron chi connectivity index (χ4n) is 1.47. The number of alkyl halides is 12. The normalized spacial score (nSPS) is 18.0. The summed E-state index contributed by atoms with van der Waals surface area (Å²) in [5.41, 5.74) is 0. The summed E-state index contributed by atoms with van der Waals surface area (Å²) in [7, 11) is -1.92. The second-order valence-electron chi connectivity index (χ2n) is 5.36. The lowest BCUT2D eigenvalue weighted by Gasteiger charge is -2.23. The van der Waals surface area contributed by atoms with Gasteiger partial charge in [0.2, 0.25) is 0 Å². The van der Waals surface area contributed by atoms with Crippen LogP contribution < -0.4 is 0 Å². The highest BCUT2D eigenvalue weighted by molar-refractivity contribution is 7.41. The maximum atomic E-state index is 6.07. The number of hydrogen-bond donors (Lipinski definition) is 0. The highest BCUT2D eigenvalue weighted by Crippen LogP contribution is 2.44. The first-order valence-electron chi connectivity index (χ1n) is 7.28. The Morgan fingerprint density at radius 3 is 0.893 bits per heavy atom. The fourth-order valence-corrected chi connectivity index (χ4v) is 6.13. The molecule has 3 unspecified atom stereocenters. The van der Waals surface area contributed by atoms with Crippen LogP contribution in [-0.2, 0) is 13.6 Å². The lowest BCUT2D eigenvalue weighted by Crippen LogP contribution is -2.20. The summed E-state index contributed by atoms with van der Waals surface area (Å²) < 4.78 is 11.9. The molecule has 0 amide bonds. The molecule has 170 valence electrons. The molecule has 0 aliphatic carbocycles. The molecule has 0 aromatic carbocycles. The molecule has 3 atom stereocenters. The van der Waals surface area contributed by atoms with Crippen LogP contribution in [0.4, 0.5) is 0 Å². The van der Waals surface area contributed by atoms with Gasteiger partial charge in [-0.3, -0.25) is 0 Å². The van der Waals surface area contributed by atoms with Gasteiger partial charge in [0.15, 0.2) is 11.4 Å². The average Bonchev–Trinajstić information content (AvgIpc) is 2.40. The van der Waals surface area contributed by atoms with E-state index in [4.69, 9.17) is 153 Å². The molecule has 0 aliphatic rings. The topological polar surface area (TPSA) is 27.7 Å². The third-order valence-corrected chi connectivity index (χ3v) is 5.75. The second-order valence-corrected chi connectivity index (χ2v) is 16.0. The average molecular weight is 664 g/mol. The molecule has 0 N–H and O–H groups in total. The Labute approximate surface area is 225 Å². The van der Waals surface area contributed by atoms with E-state index in [0.29, 0.717) is 0 Å². The van der Waals surface area contributed by atoms with Gasteiger partial charge in [0.25, 0.3) is 0 Å². The smallest absolute Gasteiger partial charge is 0.311 e. The first-order valence-corrected chi connectivity index (χ1v) is 13.1. The van der Waals surface area contributed by atoms with Crippen molar-refractivity contribution in [2.45, 2.75) is 46.8 Å². The molecule has 0 saturated heterocycles. The second kappa shape index (κ2) is 14.9. The first kappa shape index (κ1) is 31.8. The summed E-state index contributed by atoms with van der Waals surface area (Å²) in [5.74, 6) is 0. The minimum absolute atomic E-state index is 0.0318. The van der Waals surface area contributed by atoms with Gasteiger partial charge >= 0.3 is 8.60 Å². The maximum Gasteiger partial charge on any atom is 0.332 e. The van der Waals surface area contributed by atoms with Crippen LogP contribution in [0, 0.1) is 0 Å². The number of rotatable bonds is 12. The van der Waals surface area contributed by atoms with Crippen LogP contribution >= 0.6 is 148 Å². The van der Waals surface area contributed by atoms with Gasteiger partial charge in [-0.2, -0.15) is 0 Å². The zero-order chi connectivity index (χ0) is 22.2. The van der Waals surface area contributed by atoms with E-state index in [1.165, 1.54) is 0 Å². The van der Waals surface area contributed by atoms with Gasteiger partial charge in [-0.15, -0.1) is 34.8 Å². The molecule has 0 spiro atoms. The van der Waals surface area contributed by atoms with Crippen LogP contribution in [0.5, 0.6) is 0 Å². The first-order chi connectivity index (χ1) is 12.5. The van der Waals surface area contributed by atoms with Crippen molar-refractivity contribution in [3.05, 3.63) is 0 Å². The van der Waals surface area contributed by atoms with E-state index in [1.54, 1.807) is 0 Å². The van der Waals surface area contributed by atoms with E-state index in [1.807, 2.05) is 0 Å². The van der Waals surface area contributed by atoms with Crippen LogP contribution in [0.15, 0.2) is 0 Å². The Morgan fingerprint density at radius 1 is 0.500 bits per heavy atom. The summed E-state index contributed by atoms with van der Waals surface area (Å²) in [6.45, 7) is -0.0953. The number of hydrogen-bond acceptors (Lipinski definition) is 3. The van der Waals surface area contributed by atoms with Crippen LogP contribution in [-0.4, -0.2) is 47.3 Å². The van der Waals surface area contributed by atoms with Gasteiger partial charge in [-0.05, 0) is 0 Å². The molecular weight excluding hydrogens is 649 g/mol. The predicted molar refractivity (Wildman–Crippen MR) is 128 cm³/mol.